The Morgan fingerprint density at radius 2 is 1.63 bits per heavy atom. The smallest absolute Gasteiger partial charge is 0.387 e. The van der Waals surface area contributed by atoms with Crippen LogP contribution in [0.15, 0.2) is 78.9 Å². The summed E-state index contributed by atoms with van der Waals surface area (Å²) < 4.78 is 31.0. The van der Waals surface area contributed by atoms with Crippen LogP contribution in [-0.4, -0.2) is 18.2 Å². The molecule has 0 radical (unpaired) electrons. The first-order valence-electron chi connectivity index (χ1n) is 10.3. The standard InChI is InChI=1S/C25H26F2N2O/c26-25(27)30-23-14-13-20(18-8-3-1-4-9-18)16-22(23)17-21-12-7-15-29(28)24(21)19-10-5-2-6-11-19/h1-6,8-11,13-14,16,21,24-25H,7,12,15,17,28H2. The van der Waals surface area contributed by atoms with Gasteiger partial charge in [0.05, 0.1) is 6.04 Å². The first kappa shape index (κ1) is 20.5. The SMILES string of the molecule is NN1CCCC(Cc2cc(-c3ccccc3)ccc2OC(F)F)C1c1ccccc1. The Labute approximate surface area is 176 Å². The number of hydrogen-bond donors (Lipinski definition) is 1. The van der Waals surface area contributed by atoms with Gasteiger partial charge in [-0.25, -0.2) is 5.01 Å². The zero-order valence-electron chi connectivity index (χ0n) is 16.8. The van der Waals surface area contributed by atoms with E-state index in [0.717, 1.165) is 41.6 Å². The molecule has 1 heterocycles. The number of piperidine rings is 1. The fourth-order valence-electron chi connectivity index (χ4n) is 4.47. The molecule has 2 N–H and O–H groups in total. The summed E-state index contributed by atoms with van der Waals surface area (Å²) in [4.78, 5) is 0. The highest BCUT2D eigenvalue weighted by Crippen LogP contribution is 2.39. The van der Waals surface area contributed by atoms with Crippen LogP contribution < -0.4 is 10.6 Å². The van der Waals surface area contributed by atoms with Crippen molar-refractivity contribution in [3.05, 3.63) is 90.0 Å². The van der Waals surface area contributed by atoms with Crippen molar-refractivity contribution >= 4 is 0 Å². The van der Waals surface area contributed by atoms with Gasteiger partial charge < -0.3 is 4.74 Å². The lowest BCUT2D eigenvalue weighted by atomic mass is 9.81. The van der Waals surface area contributed by atoms with Crippen LogP contribution in [0.4, 0.5) is 8.78 Å². The largest absolute Gasteiger partial charge is 0.435 e. The van der Waals surface area contributed by atoms with Crippen molar-refractivity contribution in [2.24, 2.45) is 11.8 Å². The second-order valence-corrected chi connectivity index (χ2v) is 7.77. The molecule has 0 aliphatic carbocycles. The number of nitrogens with two attached hydrogens (primary N) is 1. The fourth-order valence-corrected chi connectivity index (χ4v) is 4.47. The molecule has 156 valence electrons. The zero-order valence-corrected chi connectivity index (χ0v) is 16.8. The van der Waals surface area contributed by atoms with Crippen molar-refractivity contribution in [1.82, 2.24) is 5.01 Å². The Morgan fingerprint density at radius 3 is 2.33 bits per heavy atom. The van der Waals surface area contributed by atoms with Crippen LogP contribution in [0, 0.1) is 5.92 Å². The highest BCUT2D eigenvalue weighted by molar-refractivity contribution is 5.65. The van der Waals surface area contributed by atoms with Crippen molar-refractivity contribution in [2.45, 2.75) is 31.9 Å². The van der Waals surface area contributed by atoms with Crippen molar-refractivity contribution in [2.75, 3.05) is 6.54 Å². The molecule has 0 bridgehead atoms. The predicted molar refractivity (Wildman–Crippen MR) is 115 cm³/mol. The molecular weight excluding hydrogens is 382 g/mol. The topological polar surface area (TPSA) is 38.5 Å². The lowest BCUT2D eigenvalue weighted by molar-refractivity contribution is -0.0507. The van der Waals surface area contributed by atoms with Gasteiger partial charge in [0.25, 0.3) is 0 Å². The Balaban J connectivity index is 1.68. The molecule has 3 aromatic rings. The summed E-state index contributed by atoms with van der Waals surface area (Å²) in [5.41, 5.74) is 3.98. The Kier molecular flexibility index (Phi) is 6.41. The summed E-state index contributed by atoms with van der Waals surface area (Å²) in [7, 11) is 0. The van der Waals surface area contributed by atoms with Crippen LogP contribution in [0.5, 0.6) is 5.75 Å². The number of benzene rings is 3. The minimum atomic E-state index is -2.85. The maximum Gasteiger partial charge on any atom is 0.387 e. The minimum Gasteiger partial charge on any atom is -0.435 e. The molecule has 0 saturated carbocycles. The van der Waals surface area contributed by atoms with Gasteiger partial charge in [0, 0.05) is 6.54 Å². The molecule has 4 rings (SSSR count). The molecule has 30 heavy (non-hydrogen) atoms. The van der Waals surface area contributed by atoms with E-state index in [9.17, 15) is 8.78 Å². The Morgan fingerprint density at radius 1 is 0.933 bits per heavy atom. The highest BCUT2D eigenvalue weighted by Gasteiger charge is 2.32. The van der Waals surface area contributed by atoms with Crippen LogP contribution in [0.1, 0.15) is 30.0 Å². The van der Waals surface area contributed by atoms with Gasteiger partial charge in [0.15, 0.2) is 0 Å². The third-order valence-corrected chi connectivity index (χ3v) is 5.80. The number of hydrogen-bond acceptors (Lipinski definition) is 3. The second kappa shape index (κ2) is 9.37. The molecule has 2 unspecified atom stereocenters. The van der Waals surface area contributed by atoms with Crippen LogP contribution in [-0.2, 0) is 6.42 Å². The summed E-state index contributed by atoms with van der Waals surface area (Å²) in [5.74, 6) is 6.82. The van der Waals surface area contributed by atoms with Gasteiger partial charge in [-0.2, -0.15) is 8.78 Å². The van der Waals surface area contributed by atoms with Crippen molar-refractivity contribution in [3.63, 3.8) is 0 Å². The van der Waals surface area contributed by atoms with Gasteiger partial charge >= 0.3 is 6.61 Å². The van der Waals surface area contributed by atoms with Crippen LogP contribution in [0.2, 0.25) is 0 Å². The predicted octanol–water partition coefficient (Wildman–Crippen LogP) is 5.82. The summed E-state index contributed by atoms with van der Waals surface area (Å²) in [6.45, 7) is -2.03. The van der Waals surface area contributed by atoms with Gasteiger partial charge in [-0.05, 0) is 59.6 Å². The number of ether oxygens (including phenoxy) is 1. The van der Waals surface area contributed by atoms with Gasteiger partial charge in [-0.1, -0.05) is 66.7 Å². The maximum absolute atomic E-state index is 13.1. The molecule has 2 atom stereocenters. The summed E-state index contributed by atoms with van der Waals surface area (Å²) >= 11 is 0. The lowest BCUT2D eigenvalue weighted by Gasteiger charge is -2.39. The lowest BCUT2D eigenvalue weighted by Crippen LogP contribution is -2.44. The van der Waals surface area contributed by atoms with E-state index in [4.69, 9.17) is 10.6 Å². The normalized spacial score (nSPS) is 19.7. The number of rotatable bonds is 6. The minimum absolute atomic E-state index is 0.0414. The van der Waals surface area contributed by atoms with Crippen LogP contribution in [0.25, 0.3) is 11.1 Å². The fraction of sp³-hybridized carbons (Fsp3) is 0.280. The van der Waals surface area contributed by atoms with Crippen LogP contribution in [0.3, 0.4) is 0 Å². The van der Waals surface area contributed by atoms with Crippen molar-refractivity contribution in [3.8, 4) is 16.9 Å². The molecule has 1 fully saturated rings. The molecule has 0 amide bonds. The highest BCUT2D eigenvalue weighted by atomic mass is 19.3. The monoisotopic (exact) mass is 408 g/mol. The Bertz CT molecular complexity index is 950. The molecule has 3 aromatic carbocycles. The van der Waals surface area contributed by atoms with E-state index in [1.165, 1.54) is 0 Å². The van der Waals surface area contributed by atoms with Crippen molar-refractivity contribution in [1.29, 1.82) is 0 Å². The maximum atomic E-state index is 13.1. The van der Waals surface area contributed by atoms with E-state index < -0.39 is 6.61 Å². The summed E-state index contributed by atoms with van der Waals surface area (Å²) in [6, 6.07) is 25.6. The number of nitrogens with zero attached hydrogens (tertiary/aromatic N) is 1. The first-order valence-corrected chi connectivity index (χ1v) is 10.3. The first-order chi connectivity index (χ1) is 14.6. The van der Waals surface area contributed by atoms with E-state index in [0.29, 0.717) is 6.42 Å². The summed E-state index contributed by atoms with van der Waals surface area (Å²) in [5, 5.41) is 1.89. The molecule has 1 saturated heterocycles. The number of alkyl halides is 2. The van der Waals surface area contributed by atoms with E-state index >= 15 is 0 Å². The quantitative estimate of drug-likeness (QED) is 0.522. The zero-order chi connectivity index (χ0) is 20.9. The summed E-state index contributed by atoms with van der Waals surface area (Å²) in [6.07, 6.45) is 2.58. The molecule has 1 aliphatic rings. The van der Waals surface area contributed by atoms with Gasteiger partial charge in [-0.15, -0.1) is 0 Å². The molecule has 0 spiro atoms. The number of halogens is 2. The van der Waals surface area contributed by atoms with Gasteiger partial charge in [0.1, 0.15) is 5.75 Å². The molecular formula is C25H26F2N2O. The average Bonchev–Trinajstić information content (AvgIpc) is 2.76. The van der Waals surface area contributed by atoms with E-state index in [-0.39, 0.29) is 17.7 Å². The van der Waals surface area contributed by atoms with E-state index in [1.807, 2.05) is 65.7 Å². The average molecular weight is 408 g/mol. The van der Waals surface area contributed by atoms with Gasteiger partial charge in [0.2, 0.25) is 0 Å². The van der Waals surface area contributed by atoms with Crippen molar-refractivity contribution < 1.29 is 13.5 Å². The third kappa shape index (κ3) is 4.69. The second-order valence-electron chi connectivity index (χ2n) is 7.77. The molecule has 0 aromatic heterocycles. The Hall–Kier alpha value is -2.76. The van der Waals surface area contributed by atoms with Gasteiger partial charge in [-0.3, -0.25) is 5.84 Å². The van der Waals surface area contributed by atoms with E-state index in [2.05, 4.69) is 12.1 Å². The van der Waals surface area contributed by atoms with E-state index in [1.54, 1.807) is 6.07 Å². The van der Waals surface area contributed by atoms with Crippen LogP contribution >= 0.6 is 0 Å². The molecule has 1 aliphatic heterocycles. The number of hydrazine groups is 1. The molecule has 3 nitrogen and oxygen atoms in total. The third-order valence-electron chi connectivity index (χ3n) is 5.80. The molecule has 5 heteroatoms.